The maximum atomic E-state index is 13.1. The SMILES string of the molecule is CCCc1ccc(-c2cnc(N)c(C(=O)Cc3cnccc3-n3ccnc3C)n2)cc1. The summed E-state index contributed by atoms with van der Waals surface area (Å²) in [5, 5.41) is 0. The van der Waals surface area contributed by atoms with Crippen molar-refractivity contribution in [2.24, 2.45) is 0 Å². The first kappa shape index (κ1) is 20.4. The first-order valence-electron chi connectivity index (χ1n) is 10.2. The van der Waals surface area contributed by atoms with Crippen LogP contribution in [0.1, 0.15) is 40.8 Å². The molecule has 0 atom stereocenters. The summed E-state index contributed by atoms with van der Waals surface area (Å²) in [6.45, 7) is 4.06. The topological polar surface area (TPSA) is 99.6 Å². The fraction of sp³-hybridized carbons (Fsp3) is 0.208. The Bertz CT molecular complexity index is 1210. The number of nitrogen functional groups attached to an aromatic ring is 1. The number of aryl methyl sites for hydroxylation is 2. The van der Waals surface area contributed by atoms with Gasteiger partial charge in [-0.3, -0.25) is 9.78 Å². The molecular formula is C24H24N6O. The van der Waals surface area contributed by atoms with Crippen molar-refractivity contribution in [3.05, 3.63) is 84.0 Å². The van der Waals surface area contributed by atoms with Crippen LogP contribution in [0.5, 0.6) is 0 Å². The Balaban J connectivity index is 1.63. The third-order valence-corrected chi connectivity index (χ3v) is 5.17. The molecular weight excluding hydrogens is 388 g/mol. The van der Waals surface area contributed by atoms with E-state index in [1.54, 1.807) is 24.8 Å². The fourth-order valence-corrected chi connectivity index (χ4v) is 3.55. The van der Waals surface area contributed by atoms with Crippen LogP contribution >= 0.6 is 0 Å². The molecule has 0 aliphatic carbocycles. The van der Waals surface area contributed by atoms with E-state index in [1.165, 1.54) is 5.56 Å². The molecule has 4 aromatic rings. The average Bonchev–Trinajstić information content (AvgIpc) is 3.21. The molecule has 0 fully saturated rings. The van der Waals surface area contributed by atoms with Gasteiger partial charge < -0.3 is 10.3 Å². The summed E-state index contributed by atoms with van der Waals surface area (Å²) >= 11 is 0. The highest BCUT2D eigenvalue weighted by atomic mass is 16.1. The van der Waals surface area contributed by atoms with E-state index in [1.807, 2.05) is 35.9 Å². The van der Waals surface area contributed by atoms with E-state index in [0.717, 1.165) is 35.5 Å². The molecule has 0 spiro atoms. The van der Waals surface area contributed by atoms with Crippen LogP contribution in [0.4, 0.5) is 5.82 Å². The molecule has 0 saturated heterocycles. The molecule has 7 nitrogen and oxygen atoms in total. The van der Waals surface area contributed by atoms with Crippen molar-refractivity contribution in [1.29, 1.82) is 0 Å². The molecule has 3 heterocycles. The standard InChI is InChI=1S/C24H24N6O/c1-3-4-17-5-7-18(8-6-17)20-15-28-24(25)23(29-20)22(31)13-19-14-26-10-9-21(19)30-12-11-27-16(30)2/h5-12,14-15H,3-4,13H2,1-2H3,(H2,25,28). The van der Waals surface area contributed by atoms with Crippen LogP contribution in [0, 0.1) is 6.92 Å². The Morgan fingerprint density at radius 2 is 1.87 bits per heavy atom. The van der Waals surface area contributed by atoms with Crippen LogP contribution < -0.4 is 5.73 Å². The van der Waals surface area contributed by atoms with E-state index in [-0.39, 0.29) is 23.7 Å². The Morgan fingerprint density at radius 3 is 2.58 bits per heavy atom. The second-order valence-corrected chi connectivity index (χ2v) is 7.38. The van der Waals surface area contributed by atoms with Gasteiger partial charge in [-0.2, -0.15) is 0 Å². The number of aromatic nitrogens is 5. The van der Waals surface area contributed by atoms with Gasteiger partial charge in [0.25, 0.3) is 0 Å². The van der Waals surface area contributed by atoms with Crippen molar-refractivity contribution >= 4 is 11.6 Å². The van der Waals surface area contributed by atoms with Gasteiger partial charge in [0.15, 0.2) is 11.6 Å². The van der Waals surface area contributed by atoms with E-state index in [9.17, 15) is 4.79 Å². The number of carbonyl (C=O) groups is 1. The maximum absolute atomic E-state index is 13.1. The molecule has 7 heteroatoms. The smallest absolute Gasteiger partial charge is 0.189 e. The lowest BCUT2D eigenvalue weighted by Crippen LogP contribution is -2.13. The third-order valence-electron chi connectivity index (χ3n) is 5.17. The molecule has 31 heavy (non-hydrogen) atoms. The average molecular weight is 412 g/mol. The van der Waals surface area contributed by atoms with Crippen molar-refractivity contribution in [2.75, 3.05) is 5.73 Å². The maximum Gasteiger partial charge on any atom is 0.189 e. The van der Waals surface area contributed by atoms with E-state index in [2.05, 4.69) is 39.0 Å². The van der Waals surface area contributed by atoms with Gasteiger partial charge in [0.1, 0.15) is 11.5 Å². The predicted molar refractivity (Wildman–Crippen MR) is 120 cm³/mol. The van der Waals surface area contributed by atoms with Crippen LogP contribution in [0.2, 0.25) is 0 Å². The number of anilines is 1. The zero-order valence-electron chi connectivity index (χ0n) is 17.6. The molecule has 1 aromatic carbocycles. The van der Waals surface area contributed by atoms with Crippen LogP contribution in [0.3, 0.4) is 0 Å². The third kappa shape index (κ3) is 4.35. The van der Waals surface area contributed by atoms with Gasteiger partial charge in [-0.1, -0.05) is 37.6 Å². The van der Waals surface area contributed by atoms with Crippen LogP contribution in [-0.2, 0) is 12.8 Å². The van der Waals surface area contributed by atoms with Gasteiger partial charge in [0.05, 0.1) is 17.6 Å². The number of nitrogens with two attached hydrogens (primary N) is 1. The molecule has 2 N–H and O–H groups in total. The van der Waals surface area contributed by atoms with Crippen molar-refractivity contribution in [2.45, 2.75) is 33.1 Å². The molecule has 3 aromatic heterocycles. The number of benzene rings is 1. The van der Waals surface area contributed by atoms with Crippen molar-refractivity contribution in [3.63, 3.8) is 0 Å². The number of rotatable bonds is 7. The van der Waals surface area contributed by atoms with Gasteiger partial charge in [-0.25, -0.2) is 15.0 Å². The summed E-state index contributed by atoms with van der Waals surface area (Å²) in [5.74, 6) is 0.745. The second kappa shape index (κ2) is 8.87. The van der Waals surface area contributed by atoms with Crippen LogP contribution in [0.25, 0.3) is 16.9 Å². The zero-order valence-corrected chi connectivity index (χ0v) is 17.6. The van der Waals surface area contributed by atoms with Gasteiger partial charge >= 0.3 is 0 Å². The molecule has 0 saturated carbocycles. The summed E-state index contributed by atoms with van der Waals surface area (Å²) < 4.78 is 1.92. The van der Waals surface area contributed by atoms with E-state index in [0.29, 0.717) is 5.69 Å². The van der Waals surface area contributed by atoms with Crippen molar-refractivity contribution in [3.8, 4) is 16.9 Å². The molecule has 0 radical (unpaired) electrons. The number of pyridine rings is 1. The highest BCUT2D eigenvalue weighted by Gasteiger charge is 2.18. The minimum atomic E-state index is -0.207. The molecule has 0 aliphatic rings. The van der Waals surface area contributed by atoms with E-state index < -0.39 is 0 Å². The molecule has 156 valence electrons. The lowest BCUT2D eigenvalue weighted by Gasteiger charge is -2.11. The molecule has 0 aliphatic heterocycles. The lowest BCUT2D eigenvalue weighted by molar-refractivity contribution is 0.0989. The fourth-order valence-electron chi connectivity index (χ4n) is 3.55. The summed E-state index contributed by atoms with van der Waals surface area (Å²) in [7, 11) is 0. The number of ketones is 1. The summed E-state index contributed by atoms with van der Waals surface area (Å²) in [4.78, 5) is 30.4. The summed E-state index contributed by atoms with van der Waals surface area (Å²) in [6, 6.07) is 10.0. The Hall–Kier alpha value is -3.87. The summed E-state index contributed by atoms with van der Waals surface area (Å²) in [5.41, 5.74) is 10.6. The van der Waals surface area contributed by atoms with Gasteiger partial charge in [-0.05, 0) is 25.0 Å². The minimum absolute atomic E-state index is 0.110. The Morgan fingerprint density at radius 1 is 1.06 bits per heavy atom. The first-order valence-corrected chi connectivity index (χ1v) is 10.2. The number of carbonyl (C=O) groups excluding carboxylic acids is 1. The first-order chi connectivity index (χ1) is 15.1. The van der Waals surface area contributed by atoms with Crippen LogP contribution in [0.15, 0.2) is 61.3 Å². The second-order valence-electron chi connectivity index (χ2n) is 7.38. The number of imidazole rings is 1. The van der Waals surface area contributed by atoms with Gasteiger partial charge in [0.2, 0.25) is 0 Å². The zero-order chi connectivity index (χ0) is 21.8. The highest BCUT2D eigenvalue weighted by molar-refractivity contribution is 6.00. The van der Waals surface area contributed by atoms with Crippen molar-refractivity contribution < 1.29 is 4.79 Å². The molecule has 0 bridgehead atoms. The van der Waals surface area contributed by atoms with Gasteiger partial charge in [-0.15, -0.1) is 0 Å². The number of hydrogen-bond donors (Lipinski definition) is 1. The predicted octanol–water partition coefficient (Wildman–Crippen LogP) is 3.99. The van der Waals surface area contributed by atoms with E-state index in [4.69, 9.17) is 5.73 Å². The normalized spacial score (nSPS) is 10.9. The number of hydrogen-bond acceptors (Lipinski definition) is 6. The molecule has 0 amide bonds. The molecule has 4 rings (SSSR count). The van der Waals surface area contributed by atoms with E-state index >= 15 is 0 Å². The number of nitrogens with zero attached hydrogens (tertiary/aromatic N) is 5. The van der Waals surface area contributed by atoms with Crippen molar-refractivity contribution in [1.82, 2.24) is 24.5 Å². The quantitative estimate of drug-likeness (QED) is 0.461. The highest BCUT2D eigenvalue weighted by Crippen LogP contribution is 2.22. The largest absolute Gasteiger partial charge is 0.382 e. The number of Topliss-reactive ketones (excluding diaryl/α,β-unsaturated/α-hetero) is 1. The minimum Gasteiger partial charge on any atom is -0.382 e. The summed E-state index contributed by atoms with van der Waals surface area (Å²) in [6.07, 6.45) is 10.8. The lowest BCUT2D eigenvalue weighted by atomic mass is 10.0. The Kier molecular flexibility index (Phi) is 5.84. The van der Waals surface area contributed by atoms with Gasteiger partial charge in [0, 0.05) is 42.3 Å². The Labute approximate surface area is 181 Å². The molecule has 0 unspecified atom stereocenters. The monoisotopic (exact) mass is 412 g/mol. The van der Waals surface area contributed by atoms with Crippen LogP contribution in [-0.4, -0.2) is 30.3 Å².